The minimum Gasteiger partial charge on any atom is -0.335 e. The van der Waals surface area contributed by atoms with E-state index in [1.165, 1.54) is 27.8 Å². The molecule has 0 saturated heterocycles. The first-order valence-electron chi connectivity index (χ1n) is 8.96. The van der Waals surface area contributed by atoms with Crippen LogP contribution >= 0.6 is 23.1 Å². The Labute approximate surface area is 176 Å². The maximum absolute atomic E-state index is 13.4. The number of anilines is 2. The first-order valence-corrected chi connectivity index (χ1v) is 10.7. The van der Waals surface area contributed by atoms with Gasteiger partial charge in [0.05, 0.1) is 21.5 Å². The van der Waals surface area contributed by atoms with Crippen LogP contribution < -0.4 is 16.1 Å². The Morgan fingerprint density at radius 1 is 1.24 bits per heavy atom. The van der Waals surface area contributed by atoms with E-state index in [0.717, 1.165) is 4.88 Å². The van der Waals surface area contributed by atoms with Crippen LogP contribution in [0.2, 0.25) is 0 Å². The largest absolute Gasteiger partial charge is 0.335 e. The van der Waals surface area contributed by atoms with Gasteiger partial charge in [0, 0.05) is 0 Å². The van der Waals surface area contributed by atoms with Crippen molar-refractivity contribution in [1.29, 1.82) is 0 Å². The minimum absolute atomic E-state index is 0.206. The Bertz CT molecular complexity index is 1080. The summed E-state index contributed by atoms with van der Waals surface area (Å²) in [6, 6.07) is 11.1. The van der Waals surface area contributed by atoms with Crippen LogP contribution in [0.5, 0.6) is 0 Å². The van der Waals surface area contributed by atoms with Gasteiger partial charge in [-0.05, 0) is 44.4 Å². The van der Waals surface area contributed by atoms with Gasteiger partial charge in [0.1, 0.15) is 5.54 Å². The second-order valence-corrected chi connectivity index (χ2v) is 9.37. The molecule has 4 rings (SSSR count). The lowest BCUT2D eigenvalue weighted by Crippen LogP contribution is -2.60. The number of amides is 2. The molecule has 0 bridgehead atoms. The number of rotatable bonds is 4. The Hall–Kier alpha value is -2.85. The quantitative estimate of drug-likeness (QED) is 0.489. The van der Waals surface area contributed by atoms with Crippen LogP contribution in [0.15, 0.2) is 46.9 Å². The maximum atomic E-state index is 13.4. The van der Waals surface area contributed by atoms with Crippen molar-refractivity contribution in [2.75, 3.05) is 16.1 Å². The third-order valence-corrected chi connectivity index (χ3v) is 6.67. The summed E-state index contributed by atoms with van der Waals surface area (Å²) in [7, 11) is 0. The lowest BCUT2D eigenvalue weighted by Gasteiger charge is -2.43. The Balaban J connectivity index is 1.62. The zero-order chi connectivity index (χ0) is 20.8. The number of nitrogens with two attached hydrogens (primary N) is 1. The Morgan fingerprint density at radius 3 is 2.72 bits per heavy atom. The highest BCUT2D eigenvalue weighted by molar-refractivity contribution is 8.00. The molecule has 0 aliphatic carbocycles. The second kappa shape index (κ2) is 7.20. The summed E-state index contributed by atoms with van der Waals surface area (Å²) in [5.74, 6) is 6.27. The molecule has 3 aromatic rings. The van der Waals surface area contributed by atoms with Crippen LogP contribution in [0.25, 0.3) is 10.7 Å². The van der Waals surface area contributed by atoms with E-state index in [1.807, 2.05) is 35.7 Å². The summed E-state index contributed by atoms with van der Waals surface area (Å²) in [6.45, 7) is 5.24. The normalized spacial score (nSPS) is 16.2. The lowest BCUT2D eigenvalue weighted by atomic mass is 9.96. The molecule has 2 amide bonds. The molecule has 0 spiro atoms. The van der Waals surface area contributed by atoms with Crippen molar-refractivity contribution in [3.8, 4) is 10.7 Å². The number of aromatic nitrogens is 3. The van der Waals surface area contributed by atoms with Gasteiger partial charge in [-0.3, -0.25) is 14.5 Å². The number of carbonyl (C=O) groups excluding carboxylic acids is 2. The van der Waals surface area contributed by atoms with Gasteiger partial charge in [0.25, 0.3) is 0 Å². The van der Waals surface area contributed by atoms with Gasteiger partial charge in [-0.25, -0.2) is 4.68 Å². The molecule has 0 radical (unpaired) electrons. The highest BCUT2D eigenvalue weighted by atomic mass is 32.2. The van der Waals surface area contributed by atoms with Crippen LogP contribution in [0, 0.1) is 0 Å². The fraction of sp³-hybridized carbons (Fsp3) is 0.263. The number of fused-ring (bicyclic) bond motifs is 1. The average molecular weight is 429 g/mol. The SMILES string of the molecule is CC(Sc1nnc(-c2cccs2)n1N)C(=O)N1c2ccccc2NC(=O)C1(C)C. The summed E-state index contributed by atoms with van der Waals surface area (Å²) >= 11 is 2.72. The zero-order valence-corrected chi connectivity index (χ0v) is 17.8. The van der Waals surface area contributed by atoms with Crippen molar-refractivity contribution in [2.45, 2.75) is 36.7 Å². The van der Waals surface area contributed by atoms with Crippen molar-refractivity contribution in [3.63, 3.8) is 0 Å². The number of nitrogens with one attached hydrogen (secondary N) is 1. The summed E-state index contributed by atoms with van der Waals surface area (Å²) in [5, 5.41) is 13.0. The third kappa shape index (κ3) is 3.28. The summed E-state index contributed by atoms with van der Waals surface area (Å²) in [5.41, 5.74) is 0.256. The Morgan fingerprint density at radius 2 is 2.00 bits per heavy atom. The van der Waals surface area contributed by atoms with Crippen molar-refractivity contribution in [2.24, 2.45) is 0 Å². The van der Waals surface area contributed by atoms with Gasteiger partial charge in [-0.15, -0.1) is 21.5 Å². The standard InChI is InChI=1S/C19H20N6O2S2/c1-11(29-18-23-22-15(25(18)20)14-9-6-10-28-14)16(26)24-13-8-5-4-7-12(13)21-17(27)19(24,2)3/h4-11H,20H2,1-3H3,(H,21,27). The molecule has 150 valence electrons. The van der Waals surface area contributed by atoms with Crippen molar-refractivity contribution in [3.05, 3.63) is 41.8 Å². The highest BCUT2D eigenvalue weighted by Crippen LogP contribution is 2.38. The topological polar surface area (TPSA) is 106 Å². The molecule has 29 heavy (non-hydrogen) atoms. The van der Waals surface area contributed by atoms with E-state index in [4.69, 9.17) is 5.84 Å². The molecule has 1 aliphatic heterocycles. The number of hydrogen-bond acceptors (Lipinski definition) is 7. The minimum atomic E-state index is -1.03. The van der Waals surface area contributed by atoms with Gasteiger partial charge < -0.3 is 11.2 Å². The number of thiophene rings is 1. The molecular weight excluding hydrogens is 408 g/mol. The second-order valence-electron chi connectivity index (χ2n) is 7.12. The van der Waals surface area contributed by atoms with Crippen molar-refractivity contribution in [1.82, 2.24) is 14.9 Å². The number of thioether (sulfide) groups is 1. The molecule has 1 aliphatic rings. The molecule has 8 nitrogen and oxygen atoms in total. The van der Waals surface area contributed by atoms with Crippen LogP contribution in [0.3, 0.4) is 0 Å². The number of carbonyl (C=O) groups is 2. The number of nitrogen functional groups attached to an aromatic ring is 1. The van der Waals surface area contributed by atoms with Crippen molar-refractivity contribution < 1.29 is 9.59 Å². The Kier molecular flexibility index (Phi) is 4.83. The average Bonchev–Trinajstić information content (AvgIpc) is 3.32. The summed E-state index contributed by atoms with van der Waals surface area (Å²) in [6.07, 6.45) is 0. The molecule has 1 unspecified atom stereocenters. The number of benzene rings is 1. The van der Waals surface area contributed by atoms with Gasteiger partial charge >= 0.3 is 0 Å². The predicted molar refractivity (Wildman–Crippen MR) is 115 cm³/mol. The van der Waals surface area contributed by atoms with E-state index in [-0.39, 0.29) is 11.8 Å². The number of para-hydroxylation sites is 2. The molecule has 0 fully saturated rings. The van der Waals surface area contributed by atoms with E-state index < -0.39 is 10.8 Å². The van der Waals surface area contributed by atoms with Gasteiger partial charge in [-0.2, -0.15) is 0 Å². The van der Waals surface area contributed by atoms with E-state index in [9.17, 15) is 9.59 Å². The summed E-state index contributed by atoms with van der Waals surface area (Å²) in [4.78, 5) is 28.5. The molecule has 1 aromatic carbocycles. The van der Waals surface area contributed by atoms with Crippen LogP contribution in [-0.2, 0) is 9.59 Å². The third-order valence-electron chi connectivity index (χ3n) is 4.76. The van der Waals surface area contributed by atoms with Crippen LogP contribution in [0.4, 0.5) is 11.4 Å². The molecule has 1 atom stereocenters. The molecule has 3 N–H and O–H groups in total. The highest BCUT2D eigenvalue weighted by Gasteiger charge is 2.45. The molecule has 3 heterocycles. The maximum Gasteiger partial charge on any atom is 0.250 e. The first-order chi connectivity index (χ1) is 13.8. The van der Waals surface area contributed by atoms with E-state index >= 15 is 0 Å². The first kappa shape index (κ1) is 19.5. The molecule has 2 aromatic heterocycles. The monoisotopic (exact) mass is 428 g/mol. The fourth-order valence-corrected chi connectivity index (χ4v) is 4.68. The van der Waals surface area contributed by atoms with E-state index in [1.54, 1.807) is 31.7 Å². The zero-order valence-electron chi connectivity index (χ0n) is 16.1. The smallest absolute Gasteiger partial charge is 0.250 e. The van der Waals surface area contributed by atoms with Gasteiger partial charge in [0.2, 0.25) is 17.0 Å². The van der Waals surface area contributed by atoms with Gasteiger partial charge in [0.15, 0.2) is 5.82 Å². The number of hydrogen-bond donors (Lipinski definition) is 2. The van der Waals surface area contributed by atoms with Crippen molar-refractivity contribution >= 4 is 46.3 Å². The van der Waals surface area contributed by atoms with Crippen LogP contribution in [0.1, 0.15) is 20.8 Å². The predicted octanol–water partition coefficient (Wildman–Crippen LogP) is 2.96. The van der Waals surface area contributed by atoms with E-state index in [2.05, 4.69) is 15.5 Å². The van der Waals surface area contributed by atoms with E-state index in [0.29, 0.717) is 22.4 Å². The molecule has 0 saturated carbocycles. The fourth-order valence-electron chi connectivity index (χ4n) is 3.17. The van der Waals surface area contributed by atoms with Crippen LogP contribution in [-0.4, -0.2) is 37.5 Å². The van der Waals surface area contributed by atoms with Gasteiger partial charge in [-0.1, -0.05) is 30.0 Å². The summed E-state index contributed by atoms with van der Waals surface area (Å²) < 4.78 is 1.39. The molecular formula is C19H20N6O2S2. The molecule has 10 heteroatoms. The lowest BCUT2D eigenvalue weighted by molar-refractivity contribution is -0.126. The number of nitrogens with zero attached hydrogens (tertiary/aromatic N) is 4.